The molecular weight excluding hydrogens is 364 g/mol. The highest BCUT2D eigenvalue weighted by atomic mass is 16.5. The maximum absolute atomic E-state index is 5.79. The van der Waals surface area contributed by atoms with E-state index in [1.54, 1.807) is 7.11 Å². The number of rotatable bonds is 3. The van der Waals surface area contributed by atoms with Gasteiger partial charge in [-0.2, -0.15) is 10.2 Å². The molecule has 0 fully saturated rings. The van der Waals surface area contributed by atoms with Crippen molar-refractivity contribution in [3.63, 3.8) is 0 Å². The molecule has 0 aliphatic carbocycles. The number of pyridine rings is 1. The van der Waals surface area contributed by atoms with Gasteiger partial charge in [0.15, 0.2) is 0 Å². The van der Waals surface area contributed by atoms with Gasteiger partial charge in [-0.3, -0.25) is 15.2 Å². The highest BCUT2D eigenvalue weighted by molar-refractivity contribution is 6.14. The Morgan fingerprint density at radius 1 is 0.862 bits per heavy atom. The van der Waals surface area contributed by atoms with Crippen LogP contribution in [0.1, 0.15) is 22.8 Å². The van der Waals surface area contributed by atoms with E-state index < -0.39 is 0 Å². The number of hydrogen-bond acceptors (Lipinski definition) is 4. The third kappa shape index (κ3) is 2.47. The average molecular weight is 386 g/mol. The zero-order valence-electron chi connectivity index (χ0n) is 17.1. The van der Waals surface area contributed by atoms with E-state index in [2.05, 4.69) is 37.5 Å². The summed E-state index contributed by atoms with van der Waals surface area (Å²) in [6.07, 6.45) is 1.83. The summed E-state index contributed by atoms with van der Waals surface area (Å²) < 4.78 is 5.79. The molecule has 5 rings (SSSR count). The number of H-pyrrole nitrogens is 3. The fourth-order valence-corrected chi connectivity index (χ4v) is 4.28. The van der Waals surface area contributed by atoms with E-state index in [1.807, 2.05) is 40.0 Å². The van der Waals surface area contributed by atoms with Gasteiger partial charge in [0.2, 0.25) is 0 Å². The predicted octanol–water partition coefficient (Wildman–Crippen LogP) is 4.74. The number of nitrogens with one attached hydrogen (secondary N) is 3. The minimum Gasteiger partial charge on any atom is -0.496 e. The molecule has 4 aromatic heterocycles. The molecule has 4 heterocycles. The summed E-state index contributed by atoms with van der Waals surface area (Å²) in [5, 5.41) is 17.0. The van der Waals surface area contributed by atoms with Gasteiger partial charge in [0.25, 0.3) is 0 Å². The highest BCUT2D eigenvalue weighted by Crippen LogP contribution is 2.41. The largest absolute Gasteiger partial charge is 0.496 e. The second-order valence-corrected chi connectivity index (χ2v) is 7.42. The van der Waals surface area contributed by atoms with Crippen LogP contribution < -0.4 is 4.74 Å². The summed E-state index contributed by atoms with van der Waals surface area (Å²) in [5.41, 5.74) is 10.0. The van der Waals surface area contributed by atoms with Gasteiger partial charge < -0.3 is 9.72 Å². The van der Waals surface area contributed by atoms with Crippen molar-refractivity contribution in [1.82, 2.24) is 30.4 Å². The number of ether oxygens (including phenoxy) is 1. The first-order chi connectivity index (χ1) is 14.0. The molecule has 0 saturated heterocycles. The summed E-state index contributed by atoms with van der Waals surface area (Å²) in [4.78, 5) is 8.27. The van der Waals surface area contributed by atoms with Crippen molar-refractivity contribution in [2.24, 2.45) is 0 Å². The van der Waals surface area contributed by atoms with E-state index in [-0.39, 0.29) is 0 Å². The molecule has 0 radical (unpaired) electrons. The molecule has 5 aromatic rings. The number of aromatic amines is 3. The maximum Gasteiger partial charge on any atom is 0.127 e. The second kappa shape index (κ2) is 6.20. The fraction of sp³-hybridized carbons (Fsp3) is 0.227. The average Bonchev–Trinajstić information content (AvgIpc) is 3.35. The second-order valence-electron chi connectivity index (χ2n) is 7.42. The molecule has 0 bridgehead atoms. The van der Waals surface area contributed by atoms with Crippen molar-refractivity contribution < 1.29 is 4.74 Å². The predicted molar refractivity (Wildman–Crippen MR) is 114 cm³/mol. The molecule has 29 heavy (non-hydrogen) atoms. The van der Waals surface area contributed by atoms with Gasteiger partial charge in [-0.15, -0.1) is 0 Å². The molecule has 0 aliphatic heterocycles. The SMILES string of the molecule is COc1cc2c(cc1-c1c(C)n[nH]c1C)[nH]c1ccnc(-c3c(C)n[nH]c3C)c12. The zero-order chi connectivity index (χ0) is 20.3. The van der Waals surface area contributed by atoms with Crippen LogP contribution in [-0.4, -0.2) is 37.5 Å². The van der Waals surface area contributed by atoms with E-state index in [0.29, 0.717) is 0 Å². The minimum atomic E-state index is 0.807. The quantitative estimate of drug-likeness (QED) is 0.417. The lowest BCUT2D eigenvalue weighted by molar-refractivity contribution is 0.417. The zero-order valence-corrected chi connectivity index (χ0v) is 17.1. The molecule has 3 N–H and O–H groups in total. The molecule has 0 amide bonds. The summed E-state index contributed by atoms with van der Waals surface area (Å²) in [6, 6.07) is 6.23. The van der Waals surface area contributed by atoms with Crippen molar-refractivity contribution in [3.05, 3.63) is 47.2 Å². The number of nitrogens with zero attached hydrogens (tertiary/aromatic N) is 3. The number of aryl methyl sites for hydroxylation is 4. The van der Waals surface area contributed by atoms with Crippen LogP contribution in [0.2, 0.25) is 0 Å². The molecule has 0 saturated carbocycles. The van der Waals surface area contributed by atoms with E-state index in [0.717, 1.165) is 72.7 Å². The van der Waals surface area contributed by atoms with Crippen LogP contribution in [0, 0.1) is 27.7 Å². The van der Waals surface area contributed by atoms with Crippen molar-refractivity contribution in [1.29, 1.82) is 0 Å². The van der Waals surface area contributed by atoms with Gasteiger partial charge in [-0.1, -0.05) is 0 Å². The lowest BCUT2D eigenvalue weighted by Crippen LogP contribution is -1.91. The Labute approximate surface area is 167 Å². The molecule has 0 aliphatic rings. The van der Waals surface area contributed by atoms with Crippen molar-refractivity contribution in [2.45, 2.75) is 27.7 Å². The third-order valence-corrected chi connectivity index (χ3v) is 5.59. The van der Waals surface area contributed by atoms with Crippen LogP contribution in [0.5, 0.6) is 5.75 Å². The molecule has 7 nitrogen and oxygen atoms in total. The van der Waals surface area contributed by atoms with Crippen LogP contribution in [0.3, 0.4) is 0 Å². The molecular formula is C22H22N6O. The molecule has 0 spiro atoms. The monoisotopic (exact) mass is 386 g/mol. The minimum absolute atomic E-state index is 0.807. The van der Waals surface area contributed by atoms with Gasteiger partial charge in [0.05, 0.1) is 29.7 Å². The van der Waals surface area contributed by atoms with Crippen LogP contribution in [0.15, 0.2) is 24.4 Å². The van der Waals surface area contributed by atoms with Crippen LogP contribution in [0.25, 0.3) is 44.2 Å². The van der Waals surface area contributed by atoms with Gasteiger partial charge in [-0.05, 0) is 45.9 Å². The van der Waals surface area contributed by atoms with E-state index >= 15 is 0 Å². The summed E-state index contributed by atoms with van der Waals surface area (Å²) in [5.74, 6) is 0.807. The third-order valence-electron chi connectivity index (χ3n) is 5.59. The van der Waals surface area contributed by atoms with Gasteiger partial charge in [-0.25, -0.2) is 0 Å². The number of aromatic nitrogens is 6. The maximum atomic E-state index is 5.79. The lowest BCUT2D eigenvalue weighted by Gasteiger charge is -2.10. The van der Waals surface area contributed by atoms with Crippen molar-refractivity contribution in [3.8, 4) is 28.1 Å². The summed E-state index contributed by atoms with van der Waals surface area (Å²) in [7, 11) is 1.70. The van der Waals surface area contributed by atoms with Crippen LogP contribution in [-0.2, 0) is 0 Å². The summed E-state index contributed by atoms with van der Waals surface area (Å²) >= 11 is 0. The Kier molecular flexibility index (Phi) is 3.74. The fourth-order valence-electron chi connectivity index (χ4n) is 4.28. The van der Waals surface area contributed by atoms with Crippen LogP contribution >= 0.6 is 0 Å². The molecule has 146 valence electrons. The Hall–Kier alpha value is -3.61. The van der Waals surface area contributed by atoms with E-state index in [4.69, 9.17) is 9.72 Å². The molecule has 7 heteroatoms. The van der Waals surface area contributed by atoms with Crippen molar-refractivity contribution >= 4 is 21.8 Å². The number of benzene rings is 1. The van der Waals surface area contributed by atoms with E-state index in [9.17, 15) is 0 Å². The normalized spacial score (nSPS) is 11.6. The Morgan fingerprint density at radius 2 is 1.55 bits per heavy atom. The van der Waals surface area contributed by atoms with E-state index in [1.165, 1.54) is 0 Å². The lowest BCUT2D eigenvalue weighted by atomic mass is 9.99. The van der Waals surface area contributed by atoms with Gasteiger partial charge in [0.1, 0.15) is 5.75 Å². The smallest absolute Gasteiger partial charge is 0.127 e. The first kappa shape index (κ1) is 17.5. The van der Waals surface area contributed by atoms with Crippen LogP contribution in [0.4, 0.5) is 0 Å². The molecule has 0 unspecified atom stereocenters. The Bertz CT molecular complexity index is 1350. The Balaban J connectivity index is 1.87. The number of methoxy groups -OCH3 is 1. The first-order valence-corrected chi connectivity index (χ1v) is 9.52. The topological polar surface area (TPSA) is 95.3 Å². The molecule has 0 atom stereocenters. The van der Waals surface area contributed by atoms with Gasteiger partial charge in [0, 0.05) is 50.6 Å². The first-order valence-electron chi connectivity index (χ1n) is 9.52. The molecule has 1 aromatic carbocycles. The summed E-state index contributed by atoms with van der Waals surface area (Å²) in [6.45, 7) is 8.04. The highest BCUT2D eigenvalue weighted by Gasteiger charge is 2.20. The number of fused-ring (bicyclic) bond motifs is 3. The standard InChI is InChI=1S/C22H22N6O/c1-10-19(11(2)26-25-10)15-8-17-14(9-18(15)29-5)21-16(24-17)6-7-23-22(21)20-12(3)27-28-13(20)4/h6-9,24H,1-5H3,(H,25,26)(H,27,28). The Morgan fingerprint density at radius 3 is 2.17 bits per heavy atom. The van der Waals surface area contributed by atoms with Gasteiger partial charge >= 0.3 is 0 Å². The number of hydrogen-bond donors (Lipinski definition) is 3. The van der Waals surface area contributed by atoms with Crippen molar-refractivity contribution in [2.75, 3.05) is 7.11 Å².